The number of pyridine rings is 1. The summed E-state index contributed by atoms with van der Waals surface area (Å²) in [6, 6.07) is 3.72. The molecule has 4 nitrogen and oxygen atoms in total. The monoisotopic (exact) mass is 243 g/mol. The number of nitrogens with zero attached hydrogens (tertiary/aromatic N) is 1. The normalized spacial score (nSPS) is 14.8. The second-order valence-corrected chi connectivity index (χ2v) is 4.24. The predicted molar refractivity (Wildman–Crippen MR) is 65.0 cm³/mol. The van der Waals surface area contributed by atoms with E-state index >= 15 is 0 Å². The Kier molecular flexibility index (Phi) is 5.69. The van der Waals surface area contributed by atoms with Gasteiger partial charge in [-0.05, 0) is 24.5 Å². The molecule has 0 aliphatic rings. The maximum Gasteiger partial charge on any atom is 0.0658 e. The molecule has 1 aromatic heterocycles. The molecular formula is C11H18ClN3O. The van der Waals surface area contributed by atoms with Gasteiger partial charge in [-0.3, -0.25) is 16.3 Å². The lowest BCUT2D eigenvalue weighted by molar-refractivity contribution is 0.170. The van der Waals surface area contributed by atoms with Crippen LogP contribution in [-0.4, -0.2) is 18.7 Å². The van der Waals surface area contributed by atoms with Crippen molar-refractivity contribution in [3.8, 4) is 0 Å². The molecule has 0 aliphatic heterocycles. The fourth-order valence-electron chi connectivity index (χ4n) is 1.58. The van der Waals surface area contributed by atoms with E-state index in [-0.39, 0.29) is 6.04 Å². The zero-order valence-electron chi connectivity index (χ0n) is 9.61. The summed E-state index contributed by atoms with van der Waals surface area (Å²) in [5.74, 6) is 5.90. The van der Waals surface area contributed by atoms with Crippen LogP contribution in [0.5, 0.6) is 0 Å². The zero-order valence-corrected chi connectivity index (χ0v) is 10.4. The lowest BCUT2D eigenvalue weighted by Crippen LogP contribution is -2.33. The highest BCUT2D eigenvalue weighted by atomic mass is 35.5. The van der Waals surface area contributed by atoms with Gasteiger partial charge < -0.3 is 4.74 Å². The molecule has 0 fully saturated rings. The quantitative estimate of drug-likeness (QED) is 0.592. The summed E-state index contributed by atoms with van der Waals surface area (Å²) in [5.41, 5.74) is 3.68. The van der Waals surface area contributed by atoms with Crippen LogP contribution in [0.2, 0.25) is 5.02 Å². The molecule has 90 valence electrons. The highest BCUT2D eigenvalue weighted by molar-refractivity contribution is 6.30. The van der Waals surface area contributed by atoms with E-state index in [1.807, 2.05) is 12.1 Å². The molecule has 5 heteroatoms. The molecule has 0 amide bonds. The van der Waals surface area contributed by atoms with Gasteiger partial charge in [-0.2, -0.15) is 0 Å². The summed E-state index contributed by atoms with van der Waals surface area (Å²) >= 11 is 5.79. The largest absolute Gasteiger partial charge is 0.385 e. The van der Waals surface area contributed by atoms with Crippen LogP contribution in [0.25, 0.3) is 0 Å². The van der Waals surface area contributed by atoms with Crippen molar-refractivity contribution in [2.45, 2.75) is 19.4 Å². The van der Waals surface area contributed by atoms with Crippen molar-refractivity contribution in [1.82, 2.24) is 10.4 Å². The SMILES string of the molecule is COCCC(C)C(NN)c1ccc(Cl)cn1. The average Bonchev–Trinajstić information content (AvgIpc) is 2.30. The number of nitrogens with two attached hydrogens (primary N) is 1. The number of methoxy groups -OCH3 is 1. The predicted octanol–water partition coefficient (Wildman–Crippen LogP) is 1.91. The third-order valence-electron chi connectivity index (χ3n) is 2.59. The molecule has 1 aromatic rings. The lowest BCUT2D eigenvalue weighted by atomic mass is 9.96. The second kappa shape index (κ2) is 6.81. The van der Waals surface area contributed by atoms with Crippen LogP contribution in [0.3, 0.4) is 0 Å². The first kappa shape index (κ1) is 13.4. The number of hydrogen-bond acceptors (Lipinski definition) is 4. The number of hydrogen-bond donors (Lipinski definition) is 2. The van der Waals surface area contributed by atoms with Crippen LogP contribution < -0.4 is 11.3 Å². The van der Waals surface area contributed by atoms with E-state index in [0.29, 0.717) is 17.5 Å². The van der Waals surface area contributed by atoms with Crippen molar-refractivity contribution in [2.75, 3.05) is 13.7 Å². The maximum atomic E-state index is 5.79. The van der Waals surface area contributed by atoms with Gasteiger partial charge in [0, 0.05) is 19.9 Å². The third kappa shape index (κ3) is 3.72. The first-order chi connectivity index (χ1) is 7.69. The molecule has 1 heterocycles. The van der Waals surface area contributed by atoms with Crippen LogP contribution in [0.1, 0.15) is 25.1 Å². The van der Waals surface area contributed by atoms with Crippen molar-refractivity contribution in [2.24, 2.45) is 11.8 Å². The number of rotatable bonds is 6. The molecule has 1 rings (SSSR count). The average molecular weight is 244 g/mol. The summed E-state index contributed by atoms with van der Waals surface area (Å²) in [5, 5.41) is 0.629. The molecular weight excluding hydrogens is 226 g/mol. The van der Waals surface area contributed by atoms with Crippen molar-refractivity contribution in [1.29, 1.82) is 0 Å². The highest BCUT2D eigenvalue weighted by Gasteiger charge is 2.18. The zero-order chi connectivity index (χ0) is 12.0. The Morgan fingerprint density at radius 1 is 1.56 bits per heavy atom. The smallest absolute Gasteiger partial charge is 0.0658 e. The van der Waals surface area contributed by atoms with Gasteiger partial charge >= 0.3 is 0 Å². The number of nitrogens with one attached hydrogen (secondary N) is 1. The van der Waals surface area contributed by atoms with Crippen molar-refractivity contribution in [3.05, 3.63) is 29.0 Å². The van der Waals surface area contributed by atoms with Crippen LogP contribution in [0.15, 0.2) is 18.3 Å². The van der Waals surface area contributed by atoms with E-state index in [4.69, 9.17) is 22.2 Å². The summed E-state index contributed by atoms with van der Waals surface area (Å²) in [6.45, 7) is 2.83. The summed E-state index contributed by atoms with van der Waals surface area (Å²) in [4.78, 5) is 4.26. The highest BCUT2D eigenvalue weighted by Crippen LogP contribution is 2.22. The summed E-state index contributed by atoms with van der Waals surface area (Å²) in [6.07, 6.45) is 2.56. The van der Waals surface area contributed by atoms with Gasteiger partial charge in [-0.1, -0.05) is 18.5 Å². The molecule has 0 bridgehead atoms. The van der Waals surface area contributed by atoms with E-state index in [2.05, 4.69) is 17.3 Å². The minimum atomic E-state index is 0.0208. The molecule has 3 N–H and O–H groups in total. The van der Waals surface area contributed by atoms with Gasteiger partial charge in [0.25, 0.3) is 0 Å². The van der Waals surface area contributed by atoms with Gasteiger partial charge in [0.15, 0.2) is 0 Å². The van der Waals surface area contributed by atoms with Crippen LogP contribution >= 0.6 is 11.6 Å². The molecule has 0 aromatic carbocycles. The number of aromatic nitrogens is 1. The Bertz CT molecular complexity index is 305. The Morgan fingerprint density at radius 3 is 2.81 bits per heavy atom. The number of hydrazine groups is 1. The van der Waals surface area contributed by atoms with E-state index in [1.54, 1.807) is 13.3 Å². The summed E-state index contributed by atoms with van der Waals surface area (Å²) < 4.78 is 5.05. The first-order valence-electron chi connectivity index (χ1n) is 5.25. The molecule has 0 spiro atoms. The Morgan fingerprint density at radius 2 is 2.31 bits per heavy atom. The maximum absolute atomic E-state index is 5.79. The van der Waals surface area contributed by atoms with Crippen molar-refractivity contribution in [3.63, 3.8) is 0 Å². The minimum absolute atomic E-state index is 0.0208. The molecule has 0 saturated heterocycles. The van der Waals surface area contributed by atoms with Crippen LogP contribution in [-0.2, 0) is 4.74 Å². The van der Waals surface area contributed by atoms with Crippen molar-refractivity contribution >= 4 is 11.6 Å². The molecule has 0 aliphatic carbocycles. The molecule has 2 unspecified atom stereocenters. The number of ether oxygens (including phenoxy) is 1. The van der Waals surface area contributed by atoms with E-state index in [1.165, 1.54) is 0 Å². The number of halogens is 1. The van der Waals surface area contributed by atoms with Crippen LogP contribution in [0.4, 0.5) is 0 Å². The fraction of sp³-hybridized carbons (Fsp3) is 0.545. The van der Waals surface area contributed by atoms with Gasteiger partial charge in [0.2, 0.25) is 0 Å². The van der Waals surface area contributed by atoms with Crippen molar-refractivity contribution < 1.29 is 4.74 Å². The van der Waals surface area contributed by atoms with E-state index in [0.717, 1.165) is 12.1 Å². The molecule has 0 radical (unpaired) electrons. The van der Waals surface area contributed by atoms with Gasteiger partial charge in [-0.25, -0.2) is 0 Å². The minimum Gasteiger partial charge on any atom is -0.385 e. The Labute approximate surface area is 101 Å². The standard InChI is InChI=1S/C11H18ClN3O/c1-8(5-6-16-2)11(15-13)10-4-3-9(12)7-14-10/h3-4,7-8,11,15H,5-6,13H2,1-2H3. The lowest BCUT2D eigenvalue weighted by Gasteiger charge is -2.22. The van der Waals surface area contributed by atoms with Gasteiger partial charge in [-0.15, -0.1) is 0 Å². The van der Waals surface area contributed by atoms with E-state index < -0.39 is 0 Å². The topological polar surface area (TPSA) is 60.2 Å². The molecule has 0 saturated carbocycles. The molecule has 16 heavy (non-hydrogen) atoms. The van der Waals surface area contributed by atoms with E-state index in [9.17, 15) is 0 Å². The second-order valence-electron chi connectivity index (χ2n) is 3.80. The summed E-state index contributed by atoms with van der Waals surface area (Å²) in [7, 11) is 1.69. The van der Waals surface area contributed by atoms with Gasteiger partial charge in [0.1, 0.15) is 0 Å². The Balaban J connectivity index is 2.69. The fourth-order valence-corrected chi connectivity index (χ4v) is 1.69. The third-order valence-corrected chi connectivity index (χ3v) is 2.82. The van der Waals surface area contributed by atoms with Crippen LogP contribution in [0, 0.1) is 5.92 Å². The first-order valence-corrected chi connectivity index (χ1v) is 5.63. The van der Waals surface area contributed by atoms with Gasteiger partial charge in [0.05, 0.1) is 16.8 Å². The Hall–Kier alpha value is -0.680. The molecule has 2 atom stereocenters.